The van der Waals surface area contributed by atoms with Crippen molar-refractivity contribution in [3.63, 3.8) is 0 Å². The number of hydrogen-bond donors (Lipinski definition) is 0. The zero-order valence-corrected chi connectivity index (χ0v) is 13.8. The van der Waals surface area contributed by atoms with Gasteiger partial charge in [-0.25, -0.2) is 4.39 Å². The van der Waals surface area contributed by atoms with E-state index in [0.717, 1.165) is 57.0 Å². The molecule has 5 nitrogen and oxygen atoms in total. The number of hydrogen-bond acceptors (Lipinski definition) is 4. The van der Waals surface area contributed by atoms with Gasteiger partial charge >= 0.3 is 0 Å². The second-order valence-corrected chi connectivity index (χ2v) is 6.70. The molecule has 2 aromatic rings. The SMILES string of the molecule is Cc1c(C#N)ccc(N2CCC[C@H](c3nnc4n3CCC4)C2)c1F. The molecule has 0 unspecified atom stereocenters. The summed E-state index contributed by atoms with van der Waals surface area (Å²) in [6, 6.07) is 5.49. The Morgan fingerprint density at radius 3 is 2.96 bits per heavy atom. The molecular formula is C18H20FN5. The average Bonchev–Trinajstić information content (AvgIpc) is 3.21. The predicted molar refractivity (Wildman–Crippen MR) is 88.4 cm³/mol. The molecule has 124 valence electrons. The number of aryl methyl sites for hydroxylation is 1. The van der Waals surface area contributed by atoms with Crippen molar-refractivity contribution in [2.24, 2.45) is 0 Å². The van der Waals surface area contributed by atoms with Crippen LogP contribution in [0.15, 0.2) is 12.1 Å². The topological polar surface area (TPSA) is 57.7 Å². The lowest BCUT2D eigenvalue weighted by Gasteiger charge is -2.34. The van der Waals surface area contributed by atoms with E-state index in [-0.39, 0.29) is 11.7 Å². The third-order valence-electron chi connectivity index (χ3n) is 5.25. The van der Waals surface area contributed by atoms with Gasteiger partial charge < -0.3 is 9.47 Å². The second kappa shape index (κ2) is 5.90. The van der Waals surface area contributed by atoms with Gasteiger partial charge in [0.1, 0.15) is 11.6 Å². The molecule has 6 heteroatoms. The summed E-state index contributed by atoms with van der Waals surface area (Å²) in [6.07, 6.45) is 4.21. The molecule has 1 saturated heterocycles. The third-order valence-corrected chi connectivity index (χ3v) is 5.25. The van der Waals surface area contributed by atoms with Gasteiger partial charge in [-0.05, 0) is 38.3 Å². The first-order valence-electron chi connectivity index (χ1n) is 8.55. The molecule has 0 radical (unpaired) electrons. The second-order valence-electron chi connectivity index (χ2n) is 6.70. The zero-order chi connectivity index (χ0) is 16.7. The Balaban J connectivity index is 1.62. The molecule has 2 aliphatic heterocycles. The van der Waals surface area contributed by atoms with Crippen LogP contribution < -0.4 is 4.90 Å². The predicted octanol–water partition coefficient (Wildman–Crippen LogP) is 2.93. The number of aromatic nitrogens is 3. The molecule has 0 spiro atoms. The Morgan fingerprint density at radius 1 is 1.25 bits per heavy atom. The molecule has 0 N–H and O–H groups in total. The fourth-order valence-corrected chi connectivity index (χ4v) is 3.92. The van der Waals surface area contributed by atoms with E-state index < -0.39 is 0 Å². The Kier molecular flexibility index (Phi) is 3.72. The summed E-state index contributed by atoms with van der Waals surface area (Å²) < 4.78 is 16.9. The van der Waals surface area contributed by atoms with Crippen LogP contribution in [0.3, 0.4) is 0 Å². The average molecular weight is 325 g/mol. The Bertz CT molecular complexity index is 820. The fraction of sp³-hybridized carbons (Fsp3) is 0.500. The first-order chi connectivity index (χ1) is 11.7. The Hall–Kier alpha value is -2.42. The maximum absolute atomic E-state index is 14.7. The lowest BCUT2D eigenvalue weighted by molar-refractivity contribution is 0.467. The van der Waals surface area contributed by atoms with Gasteiger partial charge in [-0.3, -0.25) is 0 Å². The molecule has 0 bridgehead atoms. The minimum atomic E-state index is -0.277. The van der Waals surface area contributed by atoms with Crippen LogP contribution in [0.25, 0.3) is 0 Å². The van der Waals surface area contributed by atoms with Gasteiger partial charge in [-0.1, -0.05) is 0 Å². The molecule has 4 rings (SSSR count). The van der Waals surface area contributed by atoms with Crippen molar-refractivity contribution < 1.29 is 4.39 Å². The number of benzene rings is 1. The van der Waals surface area contributed by atoms with E-state index in [2.05, 4.69) is 19.7 Å². The van der Waals surface area contributed by atoms with Crippen molar-refractivity contribution in [3.8, 4) is 6.07 Å². The lowest BCUT2D eigenvalue weighted by Crippen LogP contribution is -2.36. The van der Waals surface area contributed by atoms with Gasteiger partial charge in [0.15, 0.2) is 5.82 Å². The molecule has 1 aromatic heterocycles. The maximum atomic E-state index is 14.7. The molecule has 2 aliphatic rings. The van der Waals surface area contributed by atoms with Crippen molar-refractivity contribution in [2.75, 3.05) is 18.0 Å². The summed E-state index contributed by atoms with van der Waals surface area (Å²) in [4.78, 5) is 2.09. The number of rotatable bonds is 2. The van der Waals surface area contributed by atoms with Crippen LogP contribution in [0.5, 0.6) is 0 Å². The van der Waals surface area contributed by atoms with Crippen LogP contribution in [-0.4, -0.2) is 27.9 Å². The highest BCUT2D eigenvalue weighted by Crippen LogP contribution is 2.33. The molecule has 1 atom stereocenters. The largest absolute Gasteiger partial charge is 0.368 e. The van der Waals surface area contributed by atoms with E-state index in [1.54, 1.807) is 19.1 Å². The highest BCUT2D eigenvalue weighted by molar-refractivity contribution is 5.55. The summed E-state index contributed by atoms with van der Waals surface area (Å²) >= 11 is 0. The van der Waals surface area contributed by atoms with Crippen molar-refractivity contribution in [3.05, 3.63) is 40.7 Å². The highest BCUT2D eigenvalue weighted by atomic mass is 19.1. The number of nitriles is 1. The third kappa shape index (κ3) is 2.35. The van der Waals surface area contributed by atoms with Crippen LogP contribution in [0.4, 0.5) is 10.1 Å². The zero-order valence-electron chi connectivity index (χ0n) is 13.8. The molecular weight excluding hydrogens is 305 g/mol. The van der Waals surface area contributed by atoms with Gasteiger partial charge in [-0.15, -0.1) is 10.2 Å². The summed E-state index contributed by atoms with van der Waals surface area (Å²) in [5.41, 5.74) is 1.43. The van der Waals surface area contributed by atoms with Crippen LogP contribution in [0, 0.1) is 24.1 Å². The summed E-state index contributed by atoms with van der Waals surface area (Å²) in [6.45, 7) is 4.25. The molecule has 0 aliphatic carbocycles. The van der Waals surface area contributed by atoms with E-state index >= 15 is 0 Å². The lowest BCUT2D eigenvalue weighted by atomic mass is 9.96. The van der Waals surface area contributed by atoms with Crippen LogP contribution in [-0.2, 0) is 13.0 Å². The minimum absolute atomic E-state index is 0.277. The number of anilines is 1. The highest BCUT2D eigenvalue weighted by Gasteiger charge is 2.29. The van der Waals surface area contributed by atoms with Gasteiger partial charge in [0.25, 0.3) is 0 Å². The van der Waals surface area contributed by atoms with Crippen molar-refractivity contribution >= 4 is 5.69 Å². The first-order valence-corrected chi connectivity index (χ1v) is 8.55. The van der Waals surface area contributed by atoms with Crippen molar-refractivity contribution in [1.29, 1.82) is 5.26 Å². The number of halogens is 1. The normalized spacial score (nSPS) is 20.0. The van der Waals surface area contributed by atoms with E-state index in [1.165, 1.54) is 0 Å². The fourth-order valence-electron chi connectivity index (χ4n) is 3.92. The number of fused-ring (bicyclic) bond motifs is 1. The molecule has 24 heavy (non-hydrogen) atoms. The molecule has 1 fully saturated rings. The molecule has 3 heterocycles. The van der Waals surface area contributed by atoms with Crippen LogP contribution in [0.2, 0.25) is 0 Å². The smallest absolute Gasteiger partial charge is 0.150 e. The molecule has 0 amide bonds. The van der Waals surface area contributed by atoms with E-state index in [4.69, 9.17) is 5.26 Å². The monoisotopic (exact) mass is 325 g/mol. The Labute approximate surface area is 140 Å². The van der Waals surface area contributed by atoms with Crippen LogP contribution >= 0.6 is 0 Å². The van der Waals surface area contributed by atoms with Gasteiger partial charge in [0, 0.05) is 37.5 Å². The number of nitrogens with zero attached hydrogens (tertiary/aromatic N) is 5. The van der Waals surface area contributed by atoms with Gasteiger partial charge in [-0.2, -0.15) is 5.26 Å². The molecule has 0 saturated carbocycles. The summed E-state index contributed by atoms with van der Waals surface area (Å²) in [5.74, 6) is 2.15. The Morgan fingerprint density at radius 2 is 2.12 bits per heavy atom. The van der Waals surface area contributed by atoms with Crippen LogP contribution in [0.1, 0.15) is 48.0 Å². The van der Waals surface area contributed by atoms with E-state index in [0.29, 0.717) is 16.8 Å². The summed E-state index contributed by atoms with van der Waals surface area (Å²) in [5, 5.41) is 17.8. The first kappa shape index (κ1) is 15.1. The number of piperidine rings is 1. The van der Waals surface area contributed by atoms with E-state index in [9.17, 15) is 4.39 Å². The quantitative estimate of drug-likeness (QED) is 0.852. The van der Waals surface area contributed by atoms with Gasteiger partial charge in [0.05, 0.1) is 17.3 Å². The minimum Gasteiger partial charge on any atom is -0.368 e. The van der Waals surface area contributed by atoms with Crippen molar-refractivity contribution in [1.82, 2.24) is 14.8 Å². The van der Waals surface area contributed by atoms with E-state index in [1.807, 2.05) is 6.07 Å². The summed E-state index contributed by atoms with van der Waals surface area (Å²) in [7, 11) is 0. The van der Waals surface area contributed by atoms with Crippen molar-refractivity contribution in [2.45, 2.75) is 45.1 Å². The van der Waals surface area contributed by atoms with Gasteiger partial charge in [0.2, 0.25) is 0 Å². The maximum Gasteiger partial charge on any atom is 0.150 e. The standard InChI is InChI=1S/C18H20FN5/c1-12-13(10-20)6-7-15(17(12)19)23-8-2-4-14(11-23)18-22-21-16-5-3-9-24(16)18/h6-7,14H,2-5,8-9,11H2,1H3/t14-/m0/s1. The molecule has 1 aromatic carbocycles.